The Balaban J connectivity index is 1.82. The molecule has 0 aliphatic carbocycles. The summed E-state index contributed by atoms with van der Waals surface area (Å²) in [4.78, 5) is 23.0. The van der Waals surface area contributed by atoms with Gasteiger partial charge in [-0.05, 0) is 23.6 Å². The Bertz CT molecular complexity index is 881. The highest BCUT2D eigenvalue weighted by Crippen LogP contribution is 2.29. The maximum atomic E-state index is 11.5. The van der Waals surface area contributed by atoms with Gasteiger partial charge in [0, 0.05) is 22.9 Å². The molecule has 0 bridgehead atoms. The number of fused-ring (bicyclic) bond motifs is 1. The number of anilines is 1. The number of hydrogen-bond acceptors (Lipinski definition) is 6. The number of benzene rings is 1. The fourth-order valence-corrected chi connectivity index (χ4v) is 3.47. The molecular weight excluding hydrogens is 324 g/mol. The number of rotatable bonds is 3. The van der Waals surface area contributed by atoms with Crippen molar-refractivity contribution in [1.29, 1.82) is 0 Å². The first-order valence-electron chi connectivity index (χ1n) is 7.67. The van der Waals surface area contributed by atoms with Crippen LogP contribution < -0.4 is 10.6 Å². The third-order valence-electron chi connectivity index (χ3n) is 4.05. The average molecular weight is 340 g/mol. The minimum Gasteiger partial charge on any atom is -0.367 e. The molecule has 122 valence electrons. The smallest absolute Gasteiger partial charge is 0.248 e. The third-order valence-corrected chi connectivity index (χ3v) is 4.73. The average Bonchev–Trinajstić information content (AvgIpc) is 3.15. The van der Waals surface area contributed by atoms with E-state index in [1.54, 1.807) is 11.3 Å². The van der Waals surface area contributed by atoms with E-state index in [0.29, 0.717) is 25.5 Å². The van der Waals surface area contributed by atoms with Crippen LogP contribution in [0.15, 0.2) is 41.1 Å². The Hall–Kier alpha value is -2.51. The summed E-state index contributed by atoms with van der Waals surface area (Å²) in [5.41, 5.74) is 7.28. The summed E-state index contributed by atoms with van der Waals surface area (Å²) in [7, 11) is 0. The van der Waals surface area contributed by atoms with E-state index in [4.69, 9.17) is 15.5 Å². The number of para-hydroxylation sites is 1. The van der Waals surface area contributed by atoms with Crippen molar-refractivity contribution in [1.82, 2.24) is 9.97 Å². The number of ether oxygens (including phenoxy) is 1. The molecule has 3 aromatic rings. The monoisotopic (exact) mass is 340 g/mol. The zero-order chi connectivity index (χ0) is 16.5. The number of carbonyl (C=O) groups is 1. The maximum absolute atomic E-state index is 11.5. The van der Waals surface area contributed by atoms with Gasteiger partial charge < -0.3 is 15.4 Å². The molecule has 1 amide bonds. The van der Waals surface area contributed by atoms with E-state index in [-0.39, 0.29) is 0 Å². The molecule has 0 radical (unpaired) electrons. The second-order valence-corrected chi connectivity index (χ2v) is 6.39. The van der Waals surface area contributed by atoms with Gasteiger partial charge in [0.1, 0.15) is 5.82 Å². The van der Waals surface area contributed by atoms with Gasteiger partial charge in [-0.15, -0.1) is 0 Å². The molecule has 1 aliphatic rings. The molecule has 1 atom stereocenters. The van der Waals surface area contributed by atoms with Gasteiger partial charge in [-0.1, -0.05) is 12.1 Å². The first-order chi connectivity index (χ1) is 11.7. The molecule has 1 saturated heterocycles. The van der Waals surface area contributed by atoms with Gasteiger partial charge in [0.15, 0.2) is 11.9 Å². The molecule has 0 spiro atoms. The minimum atomic E-state index is -0.614. The number of hydrogen-bond donors (Lipinski definition) is 1. The van der Waals surface area contributed by atoms with Crippen LogP contribution in [0.4, 0.5) is 5.82 Å². The van der Waals surface area contributed by atoms with Gasteiger partial charge in [-0.3, -0.25) is 4.79 Å². The summed E-state index contributed by atoms with van der Waals surface area (Å²) in [6.07, 6.45) is -0.614. The number of morpholine rings is 1. The van der Waals surface area contributed by atoms with Crippen molar-refractivity contribution < 1.29 is 9.53 Å². The normalized spacial score (nSPS) is 18.0. The van der Waals surface area contributed by atoms with E-state index in [1.807, 2.05) is 41.1 Å². The third kappa shape index (κ3) is 2.72. The fraction of sp³-hybridized carbons (Fsp3) is 0.235. The topological polar surface area (TPSA) is 81.3 Å². The van der Waals surface area contributed by atoms with Crippen molar-refractivity contribution in [3.63, 3.8) is 0 Å². The van der Waals surface area contributed by atoms with Gasteiger partial charge >= 0.3 is 0 Å². The summed E-state index contributed by atoms with van der Waals surface area (Å²) in [5.74, 6) is 1.06. The predicted octanol–water partition coefficient (Wildman–Crippen LogP) is 2.05. The molecule has 2 N–H and O–H groups in total. The highest BCUT2D eigenvalue weighted by atomic mass is 32.1. The number of amides is 1. The number of thiophene rings is 1. The number of primary amides is 1. The van der Waals surface area contributed by atoms with Crippen molar-refractivity contribution in [3.8, 4) is 11.4 Å². The van der Waals surface area contributed by atoms with Gasteiger partial charge in [0.25, 0.3) is 0 Å². The molecule has 1 fully saturated rings. The van der Waals surface area contributed by atoms with Crippen LogP contribution in [-0.2, 0) is 9.53 Å². The van der Waals surface area contributed by atoms with Crippen LogP contribution in [0.25, 0.3) is 22.3 Å². The highest BCUT2D eigenvalue weighted by molar-refractivity contribution is 7.08. The van der Waals surface area contributed by atoms with E-state index >= 15 is 0 Å². The summed E-state index contributed by atoms with van der Waals surface area (Å²) in [6.45, 7) is 1.51. The van der Waals surface area contributed by atoms with Crippen LogP contribution in [0.2, 0.25) is 0 Å². The predicted molar refractivity (Wildman–Crippen MR) is 94.0 cm³/mol. The zero-order valence-corrected chi connectivity index (χ0v) is 13.7. The Morgan fingerprint density at radius 3 is 2.96 bits per heavy atom. The second-order valence-electron chi connectivity index (χ2n) is 5.61. The summed E-state index contributed by atoms with van der Waals surface area (Å²) >= 11 is 1.61. The Morgan fingerprint density at radius 1 is 1.29 bits per heavy atom. The molecule has 7 heteroatoms. The number of nitrogens with two attached hydrogens (primary N) is 1. The molecule has 4 rings (SSSR count). The van der Waals surface area contributed by atoms with Gasteiger partial charge in [0.2, 0.25) is 5.91 Å². The minimum absolute atomic E-state index is 0.402. The van der Waals surface area contributed by atoms with Crippen molar-refractivity contribution in [2.75, 3.05) is 24.6 Å². The van der Waals surface area contributed by atoms with Gasteiger partial charge in [-0.25, -0.2) is 9.97 Å². The van der Waals surface area contributed by atoms with E-state index in [0.717, 1.165) is 22.3 Å². The molecule has 0 saturated carbocycles. The second kappa shape index (κ2) is 6.18. The van der Waals surface area contributed by atoms with E-state index in [2.05, 4.69) is 9.88 Å². The lowest BCUT2D eigenvalue weighted by Gasteiger charge is -2.32. The molecule has 3 heterocycles. The zero-order valence-electron chi connectivity index (χ0n) is 12.9. The van der Waals surface area contributed by atoms with Crippen LogP contribution in [0.5, 0.6) is 0 Å². The summed E-state index contributed by atoms with van der Waals surface area (Å²) < 4.78 is 5.45. The van der Waals surface area contributed by atoms with Crippen molar-refractivity contribution in [3.05, 3.63) is 41.1 Å². The lowest BCUT2D eigenvalue weighted by Crippen LogP contribution is -2.48. The van der Waals surface area contributed by atoms with Crippen molar-refractivity contribution in [2.45, 2.75) is 6.10 Å². The van der Waals surface area contributed by atoms with Crippen LogP contribution in [0.1, 0.15) is 0 Å². The van der Waals surface area contributed by atoms with Crippen molar-refractivity contribution in [2.24, 2.45) is 5.73 Å². The molecule has 1 aliphatic heterocycles. The maximum Gasteiger partial charge on any atom is 0.248 e. The fourth-order valence-electron chi connectivity index (χ4n) is 2.84. The van der Waals surface area contributed by atoms with E-state index in [1.165, 1.54) is 0 Å². The molecule has 24 heavy (non-hydrogen) atoms. The van der Waals surface area contributed by atoms with E-state index in [9.17, 15) is 4.79 Å². The van der Waals surface area contributed by atoms with Crippen LogP contribution in [-0.4, -0.2) is 41.7 Å². The molecule has 1 unspecified atom stereocenters. The molecule has 2 aromatic heterocycles. The number of carbonyl (C=O) groups excluding carboxylic acids is 1. The Morgan fingerprint density at radius 2 is 2.17 bits per heavy atom. The first kappa shape index (κ1) is 15.0. The molecule has 1 aromatic carbocycles. The Labute approximate surface area is 142 Å². The summed E-state index contributed by atoms with van der Waals surface area (Å²) in [5, 5.41) is 4.99. The highest BCUT2D eigenvalue weighted by Gasteiger charge is 2.27. The lowest BCUT2D eigenvalue weighted by atomic mass is 10.2. The first-order valence-corrected chi connectivity index (χ1v) is 8.62. The standard InChI is InChI=1S/C17H16N4O2S/c18-15(22)14-9-21(6-7-23-14)17-12-3-1-2-4-13(12)19-16(20-17)11-5-8-24-10-11/h1-5,8,10,14H,6-7,9H2,(H2,18,22). The quantitative estimate of drug-likeness (QED) is 0.789. The largest absolute Gasteiger partial charge is 0.367 e. The SMILES string of the molecule is NC(=O)C1CN(c2nc(-c3ccsc3)nc3ccccc23)CCO1. The van der Waals surface area contributed by atoms with Crippen molar-refractivity contribution >= 4 is 34.0 Å². The van der Waals surface area contributed by atoms with Crippen LogP contribution >= 0.6 is 11.3 Å². The molecule has 6 nitrogen and oxygen atoms in total. The van der Waals surface area contributed by atoms with Gasteiger partial charge in [0.05, 0.1) is 18.7 Å². The van der Waals surface area contributed by atoms with Crippen LogP contribution in [0.3, 0.4) is 0 Å². The number of nitrogens with zero attached hydrogens (tertiary/aromatic N) is 3. The lowest BCUT2D eigenvalue weighted by molar-refractivity contribution is -0.130. The Kier molecular flexibility index (Phi) is 3.87. The molecular formula is C17H16N4O2S. The number of aromatic nitrogens is 2. The van der Waals surface area contributed by atoms with Crippen LogP contribution in [0, 0.1) is 0 Å². The van der Waals surface area contributed by atoms with Gasteiger partial charge in [-0.2, -0.15) is 11.3 Å². The summed E-state index contributed by atoms with van der Waals surface area (Å²) in [6, 6.07) is 9.90. The van der Waals surface area contributed by atoms with E-state index < -0.39 is 12.0 Å².